The minimum absolute atomic E-state index is 0.154. The second kappa shape index (κ2) is 9.58. The highest BCUT2D eigenvalue weighted by molar-refractivity contribution is 7.91. The zero-order chi connectivity index (χ0) is 22.6. The summed E-state index contributed by atoms with van der Waals surface area (Å²) in [5.41, 5.74) is 3.28. The van der Waals surface area contributed by atoms with E-state index in [1.807, 2.05) is 24.3 Å². The quantitative estimate of drug-likeness (QED) is 0.385. The molecule has 0 saturated heterocycles. The van der Waals surface area contributed by atoms with Crippen molar-refractivity contribution in [2.24, 2.45) is 0 Å². The predicted molar refractivity (Wildman–Crippen MR) is 128 cm³/mol. The van der Waals surface area contributed by atoms with Crippen LogP contribution in [0.1, 0.15) is 23.7 Å². The number of nitrogens with zero attached hydrogens (tertiary/aromatic N) is 3. The zero-order valence-corrected chi connectivity index (χ0v) is 19.3. The Balaban J connectivity index is 1.64. The number of carbonyl (C=O) groups is 1. The molecule has 0 radical (unpaired) electrons. The summed E-state index contributed by atoms with van der Waals surface area (Å²) >= 11 is 1.38. The number of anilines is 1. The van der Waals surface area contributed by atoms with Crippen molar-refractivity contribution in [1.29, 1.82) is 0 Å². The number of hydrogen-bond donors (Lipinski definition) is 0. The third kappa shape index (κ3) is 5.38. The molecule has 0 unspecified atom stereocenters. The molecule has 1 amide bonds. The van der Waals surface area contributed by atoms with E-state index in [-0.39, 0.29) is 12.3 Å². The second-order valence-electron chi connectivity index (χ2n) is 7.47. The highest BCUT2D eigenvalue weighted by Crippen LogP contribution is 2.31. The van der Waals surface area contributed by atoms with Crippen LogP contribution in [0.5, 0.6) is 0 Å². The van der Waals surface area contributed by atoms with Crippen LogP contribution in [0.4, 0.5) is 5.13 Å². The van der Waals surface area contributed by atoms with Crippen LogP contribution in [0.15, 0.2) is 72.9 Å². The number of pyridine rings is 1. The minimum atomic E-state index is -3.65. The first kappa shape index (κ1) is 22.1. The molecule has 8 heteroatoms. The molecule has 0 aliphatic heterocycles. The Morgan fingerprint density at radius 1 is 1.00 bits per heavy atom. The molecule has 4 rings (SSSR count). The van der Waals surface area contributed by atoms with Gasteiger partial charge in [0.25, 0.3) is 0 Å². The fraction of sp³-hybridized carbons (Fsp3) is 0.208. The van der Waals surface area contributed by atoms with Gasteiger partial charge in [-0.25, -0.2) is 13.4 Å². The number of aryl methyl sites for hydroxylation is 1. The number of fused-ring (bicyclic) bond motifs is 1. The first-order valence-corrected chi connectivity index (χ1v) is 12.9. The number of thiazole rings is 1. The zero-order valence-electron chi connectivity index (χ0n) is 17.6. The van der Waals surface area contributed by atoms with E-state index in [0.717, 1.165) is 16.6 Å². The Morgan fingerprint density at radius 3 is 2.50 bits per heavy atom. The van der Waals surface area contributed by atoms with E-state index in [0.29, 0.717) is 16.4 Å². The van der Waals surface area contributed by atoms with Crippen molar-refractivity contribution >= 4 is 42.4 Å². The van der Waals surface area contributed by atoms with Crippen molar-refractivity contribution < 1.29 is 13.2 Å². The molecule has 0 aliphatic rings. The third-order valence-electron chi connectivity index (χ3n) is 5.00. The van der Waals surface area contributed by atoms with E-state index in [9.17, 15) is 13.2 Å². The maximum atomic E-state index is 13.2. The van der Waals surface area contributed by atoms with Crippen LogP contribution in [-0.4, -0.2) is 30.0 Å². The number of amides is 1. The average molecular weight is 466 g/mol. The molecule has 0 N–H and O–H groups in total. The van der Waals surface area contributed by atoms with Gasteiger partial charge >= 0.3 is 0 Å². The van der Waals surface area contributed by atoms with Gasteiger partial charge in [-0.05, 0) is 41.8 Å². The standard InChI is InChI=1S/C24H23N3O3S2/c1-2-18-11-12-21-22(14-18)31-24(26-21)27(15-20-10-6-7-13-25-20)23(28)17-32(29,30)16-19-8-4-3-5-9-19/h3-14H,2,15-17H2,1H3. The summed E-state index contributed by atoms with van der Waals surface area (Å²) < 4.78 is 26.5. The van der Waals surface area contributed by atoms with E-state index < -0.39 is 21.5 Å². The van der Waals surface area contributed by atoms with Gasteiger partial charge in [-0.1, -0.05) is 60.7 Å². The molecule has 6 nitrogen and oxygen atoms in total. The third-order valence-corrected chi connectivity index (χ3v) is 7.50. The van der Waals surface area contributed by atoms with Crippen LogP contribution in [0.25, 0.3) is 10.2 Å². The Morgan fingerprint density at radius 2 is 1.78 bits per heavy atom. The average Bonchev–Trinajstić information content (AvgIpc) is 3.21. The van der Waals surface area contributed by atoms with Gasteiger partial charge in [-0.3, -0.25) is 14.7 Å². The van der Waals surface area contributed by atoms with Crippen LogP contribution < -0.4 is 4.90 Å². The van der Waals surface area contributed by atoms with Gasteiger partial charge in [0.1, 0.15) is 5.75 Å². The number of carbonyl (C=O) groups excluding carboxylic acids is 1. The summed E-state index contributed by atoms with van der Waals surface area (Å²) in [6.07, 6.45) is 2.55. The van der Waals surface area contributed by atoms with Gasteiger partial charge in [0.05, 0.1) is 28.2 Å². The number of benzene rings is 2. The maximum absolute atomic E-state index is 13.2. The molecule has 2 aromatic carbocycles. The second-order valence-corrected chi connectivity index (χ2v) is 10.5. The van der Waals surface area contributed by atoms with E-state index in [1.54, 1.807) is 42.6 Å². The van der Waals surface area contributed by atoms with Gasteiger partial charge in [0, 0.05) is 6.20 Å². The summed E-state index contributed by atoms with van der Waals surface area (Å²) in [5.74, 6) is -1.29. The first-order chi connectivity index (χ1) is 15.4. The van der Waals surface area contributed by atoms with Crippen molar-refractivity contribution in [2.75, 3.05) is 10.7 Å². The van der Waals surface area contributed by atoms with Crippen LogP contribution in [0.2, 0.25) is 0 Å². The van der Waals surface area contributed by atoms with Crippen molar-refractivity contribution in [1.82, 2.24) is 9.97 Å². The molecule has 2 heterocycles. The number of hydrogen-bond acceptors (Lipinski definition) is 6. The van der Waals surface area contributed by atoms with Gasteiger partial charge in [-0.2, -0.15) is 0 Å². The molecular formula is C24H23N3O3S2. The van der Waals surface area contributed by atoms with E-state index in [2.05, 4.69) is 23.0 Å². The van der Waals surface area contributed by atoms with Gasteiger partial charge in [0.2, 0.25) is 5.91 Å². The van der Waals surface area contributed by atoms with Gasteiger partial charge in [0.15, 0.2) is 15.0 Å². The fourth-order valence-electron chi connectivity index (χ4n) is 3.35. The summed E-state index contributed by atoms with van der Waals surface area (Å²) in [6, 6.07) is 20.3. The molecule has 164 valence electrons. The summed E-state index contributed by atoms with van der Waals surface area (Å²) in [5, 5.41) is 0.471. The van der Waals surface area contributed by atoms with E-state index in [1.165, 1.54) is 21.8 Å². The summed E-state index contributed by atoms with van der Waals surface area (Å²) in [4.78, 5) is 23.6. The number of aromatic nitrogens is 2. The lowest BCUT2D eigenvalue weighted by molar-refractivity contribution is -0.116. The maximum Gasteiger partial charge on any atom is 0.244 e. The highest BCUT2D eigenvalue weighted by atomic mass is 32.2. The molecule has 0 bridgehead atoms. The van der Waals surface area contributed by atoms with E-state index in [4.69, 9.17) is 0 Å². The van der Waals surface area contributed by atoms with Gasteiger partial charge < -0.3 is 0 Å². The Labute approximate surface area is 191 Å². The lowest BCUT2D eigenvalue weighted by Crippen LogP contribution is -2.36. The molecular weight excluding hydrogens is 442 g/mol. The number of sulfone groups is 1. The van der Waals surface area contributed by atoms with Crippen LogP contribution >= 0.6 is 11.3 Å². The topological polar surface area (TPSA) is 80.2 Å². The van der Waals surface area contributed by atoms with Crippen LogP contribution in [0, 0.1) is 0 Å². The Hall–Kier alpha value is -3.10. The molecule has 0 atom stereocenters. The monoisotopic (exact) mass is 465 g/mol. The first-order valence-electron chi connectivity index (χ1n) is 10.3. The Kier molecular flexibility index (Phi) is 6.62. The molecule has 0 spiro atoms. The van der Waals surface area contributed by atoms with Crippen LogP contribution in [0.3, 0.4) is 0 Å². The molecule has 0 fully saturated rings. The Bertz CT molecular complexity index is 1320. The SMILES string of the molecule is CCc1ccc2nc(N(Cc3ccccn3)C(=O)CS(=O)(=O)Cc3ccccc3)sc2c1. The summed E-state index contributed by atoms with van der Waals surface area (Å²) in [7, 11) is -3.65. The largest absolute Gasteiger partial charge is 0.281 e. The fourth-order valence-corrected chi connectivity index (χ4v) is 5.73. The lowest BCUT2D eigenvalue weighted by Gasteiger charge is -2.19. The van der Waals surface area contributed by atoms with Crippen molar-refractivity contribution in [3.05, 3.63) is 89.7 Å². The molecule has 0 aliphatic carbocycles. The predicted octanol–water partition coefficient (Wildman–Crippen LogP) is 4.40. The van der Waals surface area contributed by atoms with Crippen LogP contribution in [-0.2, 0) is 33.4 Å². The van der Waals surface area contributed by atoms with Crippen molar-refractivity contribution in [3.8, 4) is 0 Å². The molecule has 32 heavy (non-hydrogen) atoms. The van der Waals surface area contributed by atoms with Crippen molar-refractivity contribution in [3.63, 3.8) is 0 Å². The molecule has 0 saturated carbocycles. The van der Waals surface area contributed by atoms with E-state index >= 15 is 0 Å². The van der Waals surface area contributed by atoms with Gasteiger partial charge in [-0.15, -0.1) is 0 Å². The minimum Gasteiger partial charge on any atom is -0.281 e. The van der Waals surface area contributed by atoms with Crippen molar-refractivity contribution in [2.45, 2.75) is 25.6 Å². The normalized spacial score (nSPS) is 11.5. The number of rotatable bonds is 8. The molecule has 4 aromatic rings. The molecule has 2 aromatic heterocycles. The smallest absolute Gasteiger partial charge is 0.244 e. The highest BCUT2D eigenvalue weighted by Gasteiger charge is 2.26. The summed E-state index contributed by atoms with van der Waals surface area (Å²) in [6.45, 7) is 2.23. The lowest BCUT2D eigenvalue weighted by atomic mass is 10.2.